The lowest BCUT2D eigenvalue weighted by Crippen LogP contribution is -2.52. The molecule has 2 aliphatic heterocycles. The number of nitrogens with one attached hydrogen (secondary N) is 2. The number of carbonyl (C=O) groups is 2. The van der Waals surface area contributed by atoms with Gasteiger partial charge >= 0.3 is 0 Å². The van der Waals surface area contributed by atoms with E-state index in [2.05, 4.69) is 15.8 Å². The van der Waals surface area contributed by atoms with Crippen LogP contribution >= 0.6 is 11.6 Å². The van der Waals surface area contributed by atoms with Crippen LogP contribution in [-0.4, -0.2) is 47.9 Å². The smallest absolute Gasteiger partial charge is 0.267 e. The quantitative estimate of drug-likeness (QED) is 0.786. The van der Waals surface area contributed by atoms with Gasteiger partial charge in [0.1, 0.15) is 24.7 Å². The number of anilines is 1. The summed E-state index contributed by atoms with van der Waals surface area (Å²) in [6.07, 6.45) is 2.15. The van der Waals surface area contributed by atoms with Gasteiger partial charge in [-0.05, 0) is 30.2 Å². The number of hydrogen-bond acceptors (Lipinski definition) is 6. The molecule has 4 rings (SSSR count). The first-order chi connectivity index (χ1) is 14.0. The molecule has 9 heteroatoms. The highest BCUT2D eigenvalue weighted by atomic mass is 35.5. The molecule has 2 aromatic carbocycles. The van der Waals surface area contributed by atoms with Crippen LogP contribution in [-0.2, 0) is 9.59 Å². The van der Waals surface area contributed by atoms with Crippen molar-refractivity contribution in [3.8, 4) is 5.75 Å². The second-order valence-corrected chi connectivity index (χ2v) is 7.18. The van der Waals surface area contributed by atoms with Gasteiger partial charge in [0.25, 0.3) is 5.91 Å². The Kier molecular flexibility index (Phi) is 5.37. The van der Waals surface area contributed by atoms with Crippen LogP contribution in [0.5, 0.6) is 5.75 Å². The molecule has 0 bridgehead atoms. The summed E-state index contributed by atoms with van der Waals surface area (Å²) in [6.45, 7) is -0.181. The van der Waals surface area contributed by atoms with E-state index in [1.807, 2.05) is 30.3 Å². The van der Waals surface area contributed by atoms with Crippen LogP contribution in [0, 0.1) is 0 Å². The average molecular weight is 414 g/mol. The highest BCUT2D eigenvalue weighted by Gasteiger charge is 2.41. The Morgan fingerprint density at radius 2 is 2.10 bits per heavy atom. The van der Waals surface area contributed by atoms with Crippen molar-refractivity contribution in [2.45, 2.75) is 18.5 Å². The molecule has 2 aliphatic rings. The Morgan fingerprint density at radius 3 is 2.83 bits per heavy atom. The van der Waals surface area contributed by atoms with Gasteiger partial charge in [-0.3, -0.25) is 14.6 Å². The lowest BCUT2D eigenvalue weighted by molar-refractivity contribution is -0.139. The van der Waals surface area contributed by atoms with Crippen molar-refractivity contribution in [2.75, 3.05) is 19.0 Å². The molecular weight excluding hydrogens is 394 g/mol. The number of nitrogens with zero attached hydrogens (tertiary/aromatic N) is 3. The largest absolute Gasteiger partial charge is 0.495 e. The number of hydrazone groups is 1. The number of methoxy groups -OCH3 is 1. The highest BCUT2D eigenvalue weighted by molar-refractivity contribution is 6.32. The number of rotatable bonds is 5. The molecule has 2 unspecified atom stereocenters. The van der Waals surface area contributed by atoms with E-state index in [1.165, 1.54) is 12.1 Å². The lowest BCUT2D eigenvalue weighted by Gasteiger charge is -2.29. The molecule has 2 heterocycles. The number of amides is 2. The van der Waals surface area contributed by atoms with Gasteiger partial charge in [0, 0.05) is 5.69 Å². The number of fused-ring (bicyclic) bond motifs is 1. The third kappa shape index (κ3) is 4.03. The number of hydrazine groups is 1. The molecule has 2 amide bonds. The molecule has 2 atom stereocenters. The number of halogens is 1. The monoisotopic (exact) mass is 413 g/mol. The minimum Gasteiger partial charge on any atom is -0.495 e. The van der Waals surface area contributed by atoms with E-state index in [4.69, 9.17) is 16.3 Å². The third-order valence-electron chi connectivity index (χ3n) is 4.89. The zero-order chi connectivity index (χ0) is 20.4. The molecule has 0 spiro atoms. The number of hydrogen-bond donors (Lipinski definition) is 2. The summed E-state index contributed by atoms with van der Waals surface area (Å²) < 4.78 is 5.09. The summed E-state index contributed by atoms with van der Waals surface area (Å²) in [7, 11) is 1.52. The van der Waals surface area contributed by atoms with Crippen LogP contribution < -0.4 is 15.5 Å². The van der Waals surface area contributed by atoms with Crippen LogP contribution in [0.4, 0.5) is 5.69 Å². The van der Waals surface area contributed by atoms with Crippen molar-refractivity contribution in [1.82, 2.24) is 15.4 Å². The summed E-state index contributed by atoms with van der Waals surface area (Å²) in [5.41, 5.74) is 4.90. The number of carbonyl (C=O) groups excluding carboxylic acids is 2. The number of ether oxygens (including phenoxy) is 1. The van der Waals surface area contributed by atoms with Crippen molar-refractivity contribution >= 4 is 35.4 Å². The first-order valence-electron chi connectivity index (χ1n) is 9.13. The summed E-state index contributed by atoms with van der Waals surface area (Å²) in [4.78, 5) is 25.2. The molecule has 2 N–H and O–H groups in total. The first-order valence-corrected chi connectivity index (χ1v) is 9.51. The fourth-order valence-corrected chi connectivity index (χ4v) is 3.69. The fraction of sp³-hybridized carbons (Fsp3) is 0.250. The summed E-state index contributed by atoms with van der Waals surface area (Å²) in [5, 5.41) is 10.1. The van der Waals surface area contributed by atoms with E-state index in [0.717, 1.165) is 5.56 Å². The maximum absolute atomic E-state index is 12.8. The van der Waals surface area contributed by atoms with Crippen LogP contribution in [0.3, 0.4) is 0 Å². The Balaban J connectivity index is 1.38. The summed E-state index contributed by atoms with van der Waals surface area (Å²) in [5.74, 6) is -0.0700. The molecule has 0 saturated carbocycles. The topological polar surface area (TPSA) is 86.3 Å². The Morgan fingerprint density at radius 1 is 1.31 bits per heavy atom. The van der Waals surface area contributed by atoms with Gasteiger partial charge in [0.2, 0.25) is 5.91 Å². The highest BCUT2D eigenvalue weighted by Crippen LogP contribution is 2.30. The van der Waals surface area contributed by atoms with Crippen LogP contribution in [0.1, 0.15) is 18.0 Å². The van der Waals surface area contributed by atoms with Gasteiger partial charge < -0.3 is 10.1 Å². The molecule has 2 aromatic rings. The maximum atomic E-state index is 12.8. The molecular formula is C20H20ClN5O3. The van der Waals surface area contributed by atoms with Gasteiger partial charge in [-0.25, -0.2) is 10.4 Å². The summed E-state index contributed by atoms with van der Waals surface area (Å²) in [6, 6.07) is 14.5. The predicted octanol–water partition coefficient (Wildman–Crippen LogP) is 2.39. The fourth-order valence-electron chi connectivity index (χ4n) is 3.44. The minimum absolute atomic E-state index is 0.0202. The maximum Gasteiger partial charge on any atom is 0.267 e. The molecule has 1 saturated heterocycles. The lowest BCUT2D eigenvalue weighted by atomic mass is 10.0. The third-order valence-corrected chi connectivity index (χ3v) is 5.18. The van der Waals surface area contributed by atoms with E-state index in [1.54, 1.807) is 29.5 Å². The van der Waals surface area contributed by atoms with Gasteiger partial charge in [-0.2, -0.15) is 5.10 Å². The first kappa shape index (κ1) is 19.2. The van der Waals surface area contributed by atoms with Crippen molar-refractivity contribution in [3.05, 3.63) is 59.1 Å². The molecule has 150 valence electrons. The SMILES string of the molecule is COc1ccc(NC(=O)CN2N=CN3NC(c4ccccc4)CC3C2=O)cc1Cl. The van der Waals surface area contributed by atoms with Crippen molar-refractivity contribution in [3.63, 3.8) is 0 Å². The van der Waals surface area contributed by atoms with Gasteiger partial charge in [-0.15, -0.1) is 0 Å². The number of benzene rings is 2. The Bertz CT molecular complexity index is 952. The molecule has 8 nitrogen and oxygen atoms in total. The Labute approximate surface area is 173 Å². The normalized spacial score (nSPS) is 20.6. The molecule has 1 fully saturated rings. The van der Waals surface area contributed by atoms with Gasteiger partial charge in [0.05, 0.1) is 18.2 Å². The molecule has 0 radical (unpaired) electrons. The van der Waals surface area contributed by atoms with E-state index in [0.29, 0.717) is 22.9 Å². The standard InChI is InChI=1S/C20H20ClN5O3/c1-29-18-8-7-14(9-15(18)21)23-19(27)11-25-20(28)17-10-16(24-26(17)12-22-25)13-5-3-2-4-6-13/h2-9,12,16-17,24H,10-11H2,1H3,(H,23,27). The van der Waals surface area contributed by atoms with Crippen LogP contribution in [0.25, 0.3) is 0 Å². The predicted molar refractivity (Wildman–Crippen MR) is 109 cm³/mol. The second kappa shape index (κ2) is 8.10. The van der Waals surface area contributed by atoms with Crippen LogP contribution in [0.2, 0.25) is 5.02 Å². The van der Waals surface area contributed by atoms with E-state index < -0.39 is 6.04 Å². The summed E-state index contributed by atoms with van der Waals surface area (Å²) >= 11 is 6.08. The average Bonchev–Trinajstić information content (AvgIpc) is 3.16. The van der Waals surface area contributed by atoms with Gasteiger partial charge in [0.15, 0.2) is 0 Å². The Hall–Kier alpha value is -3.10. The van der Waals surface area contributed by atoms with Crippen molar-refractivity contribution < 1.29 is 14.3 Å². The van der Waals surface area contributed by atoms with E-state index in [-0.39, 0.29) is 24.4 Å². The molecule has 29 heavy (non-hydrogen) atoms. The van der Waals surface area contributed by atoms with E-state index >= 15 is 0 Å². The second-order valence-electron chi connectivity index (χ2n) is 6.78. The molecule has 0 aliphatic carbocycles. The molecule has 0 aromatic heterocycles. The van der Waals surface area contributed by atoms with Gasteiger partial charge in [-0.1, -0.05) is 41.9 Å². The zero-order valence-electron chi connectivity index (χ0n) is 15.7. The van der Waals surface area contributed by atoms with E-state index in [9.17, 15) is 9.59 Å². The van der Waals surface area contributed by atoms with Crippen molar-refractivity contribution in [1.29, 1.82) is 0 Å². The van der Waals surface area contributed by atoms with Crippen LogP contribution in [0.15, 0.2) is 53.6 Å². The van der Waals surface area contributed by atoms with Crippen molar-refractivity contribution in [2.24, 2.45) is 5.10 Å². The minimum atomic E-state index is -0.402. The zero-order valence-corrected chi connectivity index (χ0v) is 16.5.